The quantitative estimate of drug-likeness (QED) is 0.351. The van der Waals surface area contributed by atoms with Crippen molar-refractivity contribution in [3.8, 4) is 0 Å². The highest BCUT2D eigenvalue weighted by atomic mass is 16.3. The number of aryl methyl sites for hydroxylation is 4. The van der Waals surface area contributed by atoms with Crippen LogP contribution >= 0.6 is 0 Å². The summed E-state index contributed by atoms with van der Waals surface area (Å²) in [4.78, 5) is 52.5. The van der Waals surface area contributed by atoms with E-state index in [1.807, 2.05) is 26.0 Å². The van der Waals surface area contributed by atoms with Gasteiger partial charge in [0, 0.05) is 46.4 Å². The van der Waals surface area contributed by atoms with Crippen LogP contribution in [0.2, 0.25) is 0 Å². The number of rotatable bonds is 4. The number of H-pyrrole nitrogens is 1. The zero-order valence-corrected chi connectivity index (χ0v) is 22.2. The first-order chi connectivity index (χ1) is 17.9. The molecule has 1 amide bonds. The van der Waals surface area contributed by atoms with E-state index in [9.17, 15) is 24.6 Å². The minimum Gasteiger partial charge on any atom is -0.391 e. The number of carbonyl (C=O) groups excluding carboxylic acids is 1. The summed E-state index contributed by atoms with van der Waals surface area (Å²) in [5, 5.41) is 22.1. The number of imidazole rings is 2. The van der Waals surface area contributed by atoms with E-state index in [4.69, 9.17) is 0 Å². The van der Waals surface area contributed by atoms with E-state index in [2.05, 4.69) is 15.0 Å². The molecule has 0 radical (unpaired) electrons. The second kappa shape index (κ2) is 9.21. The van der Waals surface area contributed by atoms with Crippen LogP contribution < -0.4 is 11.2 Å². The number of aromatic nitrogens is 6. The van der Waals surface area contributed by atoms with Crippen molar-refractivity contribution in [3.63, 3.8) is 0 Å². The average molecular weight is 524 g/mol. The lowest BCUT2D eigenvalue weighted by atomic mass is 9.91. The van der Waals surface area contributed by atoms with Gasteiger partial charge in [-0.15, -0.1) is 0 Å². The topological polar surface area (TPSA) is 151 Å². The largest absolute Gasteiger partial charge is 0.391 e. The fraction of sp³-hybridized carbons (Fsp3) is 0.500. The summed E-state index contributed by atoms with van der Waals surface area (Å²) in [6.07, 6.45) is 0.979. The molecule has 3 aromatic heterocycles. The molecule has 1 aromatic carbocycles. The number of nitrogens with zero attached hydrogens (tertiary/aromatic N) is 6. The maximum Gasteiger partial charge on any atom is 0.332 e. The van der Waals surface area contributed by atoms with Gasteiger partial charge in [-0.3, -0.25) is 18.7 Å². The molecule has 1 aliphatic rings. The molecule has 3 atom stereocenters. The van der Waals surface area contributed by atoms with Gasteiger partial charge in [0.2, 0.25) is 5.91 Å². The first-order valence-corrected chi connectivity index (χ1v) is 12.6. The molecular formula is C26H33N7O5. The highest BCUT2D eigenvalue weighted by molar-refractivity contribution is 5.78. The number of aliphatic hydroxyl groups excluding tert-OH is 1. The summed E-state index contributed by atoms with van der Waals surface area (Å²) < 4.78 is 3.78. The van der Waals surface area contributed by atoms with Gasteiger partial charge in [-0.1, -0.05) is 0 Å². The van der Waals surface area contributed by atoms with Crippen molar-refractivity contribution >= 4 is 28.1 Å². The van der Waals surface area contributed by atoms with Gasteiger partial charge in [-0.05, 0) is 44.0 Å². The van der Waals surface area contributed by atoms with Gasteiger partial charge in [0.15, 0.2) is 11.2 Å². The molecule has 3 N–H and O–H groups in total. The van der Waals surface area contributed by atoms with Crippen molar-refractivity contribution < 1.29 is 15.0 Å². The monoisotopic (exact) mass is 523 g/mol. The van der Waals surface area contributed by atoms with Gasteiger partial charge in [-0.25, -0.2) is 14.8 Å². The third-order valence-corrected chi connectivity index (χ3v) is 7.77. The van der Waals surface area contributed by atoms with Crippen LogP contribution in [0.1, 0.15) is 42.8 Å². The molecule has 0 saturated carbocycles. The first-order valence-electron chi connectivity index (χ1n) is 12.6. The van der Waals surface area contributed by atoms with E-state index < -0.39 is 29.0 Å². The Labute approximate surface area is 218 Å². The second-order valence-electron chi connectivity index (χ2n) is 10.7. The zero-order valence-electron chi connectivity index (χ0n) is 22.2. The molecular weight excluding hydrogens is 490 g/mol. The molecule has 0 bridgehead atoms. The molecule has 5 rings (SSSR count). The van der Waals surface area contributed by atoms with E-state index >= 15 is 0 Å². The normalized spacial score (nSPS) is 22.3. The fourth-order valence-electron chi connectivity index (χ4n) is 5.43. The highest BCUT2D eigenvalue weighted by Gasteiger charge is 2.42. The van der Waals surface area contributed by atoms with Crippen LogP contribution in [-0.2, 0) is 25.3 Å². The van der Waals surface area contributed by atoms with E-state index in [0.717, 1.165) is 26.7 Å². The average Bonchev–Trinajstić information content (AvgIpc) is 3.43. The highest BCUT2D eigenvalue weighted by Crippen LogP contribution is 2.33. The summed E-state index contributed by atoms with van der Waals surface area (Å²) in [6.45, 7) is 5.74. The number of likely N-dealkylation sites (tertiary alicyclic amines) is 1. The Balaban J connectivity index is 1.44. The van der Waals surface area contributed by atoms with Crippen molar-refractivity contribution in [2.75, 3.05) is 13.1 Å². The lowest BCUT2D eigenvalue weighted by Crippen LogP contribution is -2.44. The van der Waals surface area contributed by atoms with Gasteiger partial charge in [-0.2, -0.15) is 0 Å². The van der Waals surface area contributed by atoms with Crippen LogP contribution in [-0.4, -0.2) is 74.5 Å². The first kappa shape index (κ1) is 25.9. The predicted octanol–water partition coefficient (Wildman–Crippen LogP) is 0.445. The summed E-state index contributed by atoms with van der Waals surface area (Å²) >= 11 is 0. The van der Waals surface area contributed by atoms with Crippen molar-refractivity contribution in [1.82, 2.24) is 33.6 Å². The number of aliphatic hydroxyl groups is 2. The van der Waals surface area contributed by atoms with Crippen LogP contribution in [0.5, 0.6) is 0 Å². The van der Waals surface area contributed by atoms with Crippen molar-refractivity contribution in [2.45, 2.75) is 57.8 Å². The predicted molar refractivity (Wildman–Crippen MR) is 141 cm³/mol. The van der Waals surface area contributed by atoms with Crippen LogP contribution in [0.25, 0.3) is 22.2 Å². The van der Waals surface area contributed by atoms with Gasteiger partial charge in [0.05, 0.1) is 35.1 Å². The number of benzene rings is 1. The van der Waals surface area contributed by atoms with Gasteiger partial charge < -0.3 is 24.7 Å². The Bertz CT molecular complexity index is 1640. The van der Waals surface area contributed by atoms with Gasteiger partial charge >= 0.3 is 5.69 Å². The van der Waals surface area contributed by atoms with Gasteiger partial charge in [0.25, 0.3) is 5.56 Å². The Morgan fingerprint density at radius 1 is 1.16 bits per heavy atom. The smallest absolute Gasteiger partial charge is 0.332 e. The van der Waals surface area contributed by atoms with Crippen LogP contribution in [0.15, 0.2) is 28.0 Å². The molecule has 1 fully saturated rings. The van der Waals surface area contributed by atoms with Crippen molar-refractivity contribution in [1.29, 1.82) is 0 Å². The Morgan fingerprint density at radius 3 is 2.61 bits per heavy atom. The summed E-state index contributed by atoms with van der Waals surface area (Å²) in [5.74, 6) is 0.492. The fourth-order valence-corrected chi connectivity index (χ4v) is 5.43. The maximum absolute atomic E-state index is 13.4. The molecule has 12 heteroatoms. The SMILES string of the molecule is Cc1cc2nc(CCC(=O)N3C[C@@H](O)C[C@@](C)(O)[C@H](n4cnc5c4c(=O)n(C)c(=O)n5C)C3)[nH]c2cc1C. The second-order valence-corrected chi connectivity index (χ2v) is 10.7. The number of fused-ring (bicyclic) bond motifs is 2. The van der Waals surface area contributed by atoms with Gasteiger partial charge in [0.1, 0.15) is 5.82 Å². The Morgan fingerprint density at radius 2 is 1.87 bits per heavy atom. The number of hydrogen-bond donors (Lipinski definition) is 3. The molecule has 38 heavy (non-hydrogen) atoms. The molecule has 0 unspecified atom stereocenters. The van der Waals surface area contributed by atoms with E-state index in [1.165, 1.54) is 34.5 Å². The standard InChI is InChI=1S/C26H33N7O5/c1-14-8-17-18(9-15(14)2)29-20(28-17)6-7-21(35)32-11-16(34)10-26(3,38)19(12-32)33-13-27-23-22(33)24(36)31(5)25(37)30(23)4/h8-9,13,16,19,34,38H,6-7,10-12H2,1-5H3,(H,28,29)/t16-,19+,26+/m0/s1. The van der Waals surface area contributed by atoms with Crippen LogP contribution in [0.3, 0.4) is 0 Å². The number of β-amino-alcohol motifs (C(OH)–C–C–N with tert-alkyl or cyclic N) is 1. The minimum atomic E-state index is -1.46. The zero-order chi connectivity index (χ0) is 27.5. The molecule has 12 nitrogen and oxygen atoms in total. The summed E-state index contributed by atoms with van der Waals surface area (Å²) in [5.41, 5.74) is 1.88. The lowest BCUT2D eigenvalue weighted by Gasteiger charge is -2.34. The Kier molecular flexibility index (Phi) is 6.27. The summed E-state index contributed by atoms with van der Waals surface area (Å²) in [7, 11) is 2.90. The van der Waals surface area contributed by atoms with Crippen molar-refractivity contribution in [3.05, 3.63) is 56.2 Å². The molecule has 4 heterocycles. The van der Waals surface area contributed by atoms with E-state index in [0.29, 0.717) is 12.2 Å². The molecule has 4 aromatic rings. The molecule has 202 valence electrons. The van der Waals surface area contributed by atoms with Crippen molar-refractivity contribution in [2.24, 2.45) is 14.1 Å². The molecule has 1 aliphatic heterocycles. The van der Waals surface area contributed by atoms with E-state index in [1.54, 1.807) is 6.92 Å². The van der Waals surface area contributed by atoms with Crippen LogP contribution in [0, 0.1) is 13.8 Å². The minimum absolute atomic E-state index is 0.00449. The third kappa shape index (κ3) is 4.33. The Hall–Kier alpha value is -3.77. The van der Waals surface area contributed by atoms with Crippen LogP contribution in [0.4, 0.5) is 0 Å². The molecule has 1 saturated heterocycles. The lowest BCUT2D eigenvalue weighted by molar-refractivity contribution is -0.132. The summed E-state index contributed by atoms with van der Waals surface area (Å²) in [6, 6.07) is 3.27. The number of aromatic amines is 1. The number of nitrogens with one attached hydrogen (secondary N) is 1. The maximum atomic E-state index is 13.4. The molecule has 0 spiro atoms. The third-order valence-electron chi connectivity index (χ3n) is 7.77. The number of carbonyl (C=O) groups is 1. The molecule has 0 aliphatic carbocycles. The number of amides is 1. The number of hydrogen-bond acceptors (Lipinski definition) is 7. The van der Waals surface area contributed by atoms with E-state index in [-0.39, 0.29) is 43.0 Å².